The monoisotopic (exact) mass is 354 g/mol. The second-order valence-corrected chi connectivity index (χ2v) is 6.66. The molecule has 5 heteroatoms. The molecule has 0 N–H and O–H groups in total. The van der Waals surface area contributed by atoms with E-state index in [1.807, 2.05) is 55.5 Å². The molecular formula is C20H18O4S. The van der Waals surface area contributed by atoms with Crippen molar-refractivity contribution < 1.29 is 18.7 Å². The SMILES string of the molecule is COc1ccc(OCc2ccc(/C=C/C(=O)c3ccc(C)s3)o2)cc1. The lowest BCUT2D eigenvalue weighted by Crippen LogP contribution is -1.93. The topological polar surface area (TPSA) is 48.7 Å². The first-order chi connectivity index (χ1) is 12.1. The number of aryl methyl sites for hydroxylation is 1. The fourth-order valence-electron chi connectivity index (χ4n) is 2.19. The summed E-state index contributed by atoms with van der Waals surface area (Å²) in [6, 6.07) is 14.8. The molecule has 0 atom stereocenters. The molecule has 0 spiro atoms. The number of rotatable bonds is 7. The zero-order valence-electron chi connectivity index (χ0n) is 14.0. The van der Waals surface area contributed by atoms with Gasteiger partial charge in [0, 0.05) is 4.88 Å². The molecule has 0 aliphatic carbocycles. The average molecular weight is 354 g/mol. The van der Waals surface area contributed by atoms with Crippen LogP contribution in [0.25, 0.3) is 6.08 Å². The Balaban J connectivity index is 1.56. The van der Waals surface area contributed by atoms with E-state index in [9.17, 15) is 4.79 Å². The van der Waals surface area contributed by atoms with E-state index in [1.165, 1.54) is 17.4 Å². The van der Waals surface area contributed by atoms with Crippen LogP contribution in [0.5, 0.6) is 11.5 Å². The van der Waals surface area contributed by atoms with Gasteiger partial charge in [0.15, 0.2) is 5.78 Å². The number of ether oxygens (including phenoxy) is 2. The number of hydrogen-bond acceptors (Lipinski definition) is 5. The molecule has 0 saturated heterocycles. The van der Waals surface area contributed by atoms with Crippen LogP contribution in [-0.4, -0.2) is 12.9 Å². The Kier molecular flexibility index (Phi) is 5.36. The van der Waals surface area contributed by atoms with E-state index < -0.39 is 0 Å². The molecule has 0 radical (unpaired) electrons. The number of ketones is 1. The van der Waals surface area contributed by atoms with Crippen LogP contribution in [0.15, 0.2) is 59.0 Å². The Hall–Kier alpha value is -2.79. The molecule has 0 aliphatic heterocycles. The van der Waals surface area contributed by atoms with Crippen LogP contribution in [0.4, 0.5) is 0 Å². The van der Waals surface area contributed by atoms with Gasteiger partial charge in [-0.3, -0.25) is 4.79 Å². The van der Waals surface area contributed by atoms with Crippen molar-refractivity contribution >= 4 is 23.2 Å². The zero-order chi connectivity index (χ0) is 17.6. The van der Waals surface area contributed by atoms with Crippen LogP contribution in [0.1, 0.15) is 26.1 Å². The van der Waals surface area contributed by atoms with Gasteiger partial charge in [-0.05, 0) is 67.6 Å². The Morgan fingerprint density at radius 2 is 1.84 bits per heavy atom. The Morgan fingerprint density at radius 3 is 2.52 bits per heavy atom. The fourth-order valence-corrected chi connectivity index (χ4v) is 2.98. The van der Waals surface area contributed by atoms with Gasteiger partial charge >= 0.3 is 0 Å². The van der Waals surface area contributed by atoms with Gasteiger partial charge in [0.25, 0.3) is 0 Å². The van der Waals surface area contributed by atoms with Crippen molar-refractivity contribution in [3.8, 4) is 11.5 Å². The van der Waals surface area contributed by atoms with Gasteiger partial charge in [-0.2, -0.15) is 0 Å². The largest absolute Gasteiger partial charge is 0.497 e. The van der Waals surface area contributed by atoms with Crippen molar-refractivity contribution in [2.24, 2.45) is 0 Å². The number of thiophene rings is 1. The van der Waals surface area contributed by atoms with Crippen molar-refractivity contribution in [3.05, 3.63) is 75.9 Å². The summed E-state index contributed by atoms with van der Waals surface area (Å²) in [7, 11) is 1.62. The van der Waals surface area contributed by atoms with Crippen molar-refractivity contribution in [1.29, 1.82) is 0 Å². The predicted octanol–water partition coefficient (Wildman–Crippen LogP) is 5.13. The Bertz CT molecular complexity index is 871. The highest BCUT2D eigenvalue weighted by molar-refractivity contribution is 7.14. The predicted molar refractivity (Wildman–Crippen MR) is 98.5 cm³/mol. The molecule has 128 valence electrons. The first-order valence-corrected chi connectivity index (χ1v) is 8.60. The van der Waals surface area contributed by atoms with Gasteiger partial charge in [0.05, 0.1) is 12.0 Å². The first-order valence-electron chi connectivity index (χ1n) is 7.78. The summed E-state index contributed by atoms with van der Waals surface area (Å²) >= 11 is 1.48. The highest BCUT2D eigenvalue weighted by Gasteiger charge is 2.06. The molecule has 0 aliphatic rings. The van der Waals surface area contributed by atoms with Crippen LogP contribution < -0.4 is 9.47 Å². The standard InChI is InChI=1S/C20H18O4S/c1-14-3-12-20(25-14)19(21)11-10-17-8-9-18(24-17)13-23-16-6-4-15(22-2)5-7-16/h3-12H,13H2,1-2H3/b11-10+. The summed E-state index contributed by atoms with van der Waals surface area (Å²) in [5.74, 6) is 2.80. The highest BCUT2D eigenvalue weighted by atomic mass is 32.1. The molecule has 4 nitrogen and oxygen atoms in total. The number of methoxy groups -OCH3 is 1. The molecule has 0 amide bonds. The molecule has 0 fully saturated rings. The van der Waals surface area contributed by atoms with Gasteiger partial charge in [0.1, 0.15) is 29.6 Å². The van der Waals surface area contributed by atoms with E-state index in [0.29, 0.717) is 18.1 Å². The summed E-state index contributed by atoms with van der Waals surface area (Å²) in [6.45, 7) is 2.30. The smallest absolute Gasteiger partial charge is 0.195 e. The number of allylic oxidation sites excluding steroid dienone is 1. The highest BCUT2D eigenvalue weighted by Crippen LogP contribution is 2.20. The molecule has 3 rings (SSSR count). The third kappa shape index (κ3) is 4.61. The quantitative estimate of drug-likeness (QED) is 0.436. The van der Waals surface area contributed by atoms with Crippen molar-refractivity contribution in [2.75, 3.05) is 7.11 Å². The fraction of sp³-hybridized carbons (Fsp3) is 0.150. The maximum atomic E-state index is 12.0. The number of hydrogen-bond donors (Lipinski definition) is 0. The second kappa shape index (κ2) is 7.85. The summed E-state index contributed by atoms with van der Waals surface area (Å²) in [6.07, 6.45) is 3.20. The lowest BCUT2D eigenvalue weighted by molar-refractivity contribution is 0.105. The van der Waals surface area contributed by atoms with Gasteiger partial charge in [0.2, 0.25) is 0 Å². The zero-order valence-corrected chi connectivity index (χ0v) is 14.8. The van der Waals surface area contributed by atoms with E-state index in [4.69, 9.17) is 13.9 Å². The summed E-state index contributed by atoms with van der Waals surface area (Å²) in [5.41, 5.74) is 0. The molecular weight excluding hydrogens is 336 g/mol. The number of carbonyl (C=O) groups excluding carboxylic acids is 1. The molecule has 0 bridgehead atoms. The van der Waals surface area contributed by atoms with Crippen molar-refractivity contribution in [1.82, 2.24) is 0 Å². The molecule has 0 unspecified atom stereocenters. The molecule has 2 heterocycles. The van der Waals surface area contributed by atoms with Crippen LogP contribution in [0.2, 0.25) is 0 Å². The summed E-state index contributed by atoms with van der Waals surface area (Å²) in [4.78, 5) is 13.9. The number of benzene rings is 1. The summed E-state index contributed by atoms with van der Waals surface area (Å²) < 4.78 is 16.4. The van der Waals surface area contributed by atoms with Gasteiger partial charge in [-0.15, -0.1) is 11.3 Å². The minimum Gasteiger partial charge on any atom is -0.497 e. The van der Waals surface area contributed by atoms with E-state index in [1.54, 1.807) is 13.2 Å². The van der Waals surface area contributed by atoms with E-state index >= 15 is 0 Å². The van der Waals surface area contributed by atoms with E-state index in [-0.39, 0.29) is 5.78 Å². The van der Waals surface area contributed by atoms with Crippen LogP contribution in [0.3, 0.4) is 0 Å². The maximum absolute atomic E-state index is 12.0. The molecule has 25 heavy (non-hydrogen) atoms. The Morgan fingerprint density at radius 1 is 1.08 bits per heavy atom. The lowest BCUT2D eigenvalue weighted by Gasteiger charge is -2.05. The minimum atomic E-state index is -0.0227. The molecule has 0 saturated carbocycles. The normalized spacial score (nSPS) is 11.0. The average Bonchev–Trinajstić information content (AvgIpc) is 3.27. The van der Waals surface area contributed by atoms with Gasteiger partial charge < -0.3 is 13.9 Å². The van der Waals surface area contributed by atoms with Crippen LogP contribution in [0, 0.1) is 6.92 Å². The van der Waals surface area contributed by atoms with Gasteiger partial charge in [-0.1, -0.05) is 0 Å². The van der Waals surface area contributed by atoms with Crippen LogP contribution in [-0.2, 0) is 6.61 Å². The molecule has 1 aromatic carbocycles. The second-order valence-electron chi connectivity index (χ2n) is 5.38. The minimum absolute atomic E-state index is 0.0227. The summed E-state index contributed by atoms with van der Waals surface area (Å²) in [5, 5.41) is 0. The van der Waals surface area contributed by atoms with E-state index in [0.717, 1.165) is 21.3 Å². The van der Waals surface area contributed by atoms with Crippen molar-refractivity contribution in [3.63, 3.8) is 0 Å². The third-order valence-electron chi connectivity index (χ3n) is 3.51. The molecule has 3 aromatic rings. The third-order valence-corrected chi connectivity index (χ3v) is 4.52. The lowest BCUT2D eigenvalue weighted by atomic mass is 10.3. The Labute approximate surface area is 150 Å². The number of furan rings is 1. The number of carbonyl (C=O) groups is 1. The first kappa shape index (κ1) is 17.0. The van der Waals surface area contributed by atoms with E-state index in [2.05, 4.69) is 0 Å². The van der Waals surface area contributed by atoms with Crippen molar-refractivity contribution in [2.45, 2.75) is 13.5 Å². The maximum Gasteiger partial charge on any atom is 0.195 e. The molecule has 2 aromatic heterocycles. The van der Waals surface area contributed by atoms with Crippen LogP contribution >= 0.6 is 11.3 Å². The van der Waals surface area contributed by atoms with Gasteiger partial charge in [-0.25, -0.2) is 0 Å².